The molecule has 13 heteroatoms. The van der Waals surface area contributed by atoms with Crippen LogP contribution in [0.15, 0.2) is 12.2 Å². The van der Waals surface area contributed by atoms with E-state index < -0.39 is 59.9 Å². The molecule has 0 aliphatic carbocycles. The summed E-state index contributed by atoms with van der Waals surface area (Å²) >= 11 is 0. The van der Waals surface area contributed by atoms with E-state index in [9.17, 15) is 38.2 Å². The van der Waals surface area contributed by atoms with Gasteiger partial charge in [-0.25, -0.2) is 4.18 Å². The van der Waals surface area contributed by atoms with Gasteiger partial charge in [0.25, 0.3) is 0 Å². The number of nitrogens with one attached hydrogen (secondary N) is 1. The number of aliphatic hydroxyl groups excluding tert-OH is 4. The molecule has 7 atom stereocenters. The minimum absolute atomic E-state index is 0.221. The van der Waals surface area contributed by atoms with Crippen molar-refractivity contribution in [1.82, 2.24) is 5.32 Å². The van der Waals surface area contributed by atoms with E-state index in [0.29, 0.717) is 12.8 Å². The fourth-order valence-electron chi connectivity index (χ4n) is 12.2. The Kier molecular flexibility index (Phi) is 58.5. The molecule has 0 aromatic carbocycles. The maximum absolute atomic E-state index is 13.2. The van der Waals surface area contributed by atoms with Crippen LogP contribution in [-0.4, -0.2) is 95.4 Å². The van der Waals surface area contributed by atoms with E-state index in [1.807, 2.05) is 0 Å². The van der Waals surface area contributed by atoms with Crippen LogP contribution in [0.2, 0.25) is 0 Å². The van der Waals surface area contributed by atoms with Crippen molar-refractivity contribution in [1.29, 1.82) is 0 Å². The Morgan fingerprint density at radius 1 is 0.464 bits per heavy atom. The summed E-state index contributed by atoms with van der Waals surface area (Å²) in [6.45, 7) is 3.53. The number of carbonyl (C=O) groups excluding carboxylic acids is 1. The highest BCUT2D eigenvalue weighted by molar-refractivity contribution is 7.80. The first kappa shape index (κ1) is 80.9. The summed E-state index contributed by atoms with van der Waals surface area (Å²) in [6, 6.07) is -0.857. The average Bonchev–Trinajstić information content (AvgIpc) is 3.68. The van der Waals surface area contributed by atoms with Crippen LogP contribution in [0.1, 0.15) is 380 Å². The molecular weight excluding hydrogens is 1070 g/mol. The Morgan fingerprint density at radius 2 is 0.762 bits per heavy atom. The van der Waals surface area contributed by atoms with Crippen LogP contribution in [0.3, 0.4) is 0 Å². The third-order valence-electron chi connectivity index (χ3n) is 17.8. The van der Waals surface area contributed by atoms with Gasteiger partial charge in [0.2, 0.25) is 5.91 Å². The SMILES string of the molecule is CCCCCCCCCCCCCC/C=C\CCCCCCCCCCCCCCCCCCC(=O)NC(COC1OC(CO)C(O)C(OS(=O)(=O)O)C1O)C(O)CCCCCCCCCCCCCCCCCCCCCCCCCCC. The van der Waals surface area contributed by atoms with Crippen molar-refractivity contribution in [2.45, 2.75) is 423 Å². The van der Waals surface area contributed by atoms with Crippen molar-refractivity contribution in [2.24, 2.45) is 0 Å². The van der Waals surface area contributed by atoms with Crippen LogP contribution in [0.25, 0.3) is 0 Å². The molecule has 0 spiro atoms. The van der Waals surface area contributed by atoms with Crippen LogP contribution < -0.4 is 5.32 Å². The standard InChI is InChI=1S/C71H139NO11S/c1-3-5-7-9-11-13-15-17-19-21-23-25-27-29-30-31-32-33-34-35-37-39-41-43-45-47-49-51-53-55-57-59-61-67(75)72-64(63-81-71-69(77)70(83-84(78,79)80)68(76)66(62-73)82-71)65(74)60-58-56-54-52-50-48-46-44-42-40-38-36-28-26-24-22-20-18-16-14-12-10-8-6-4-2/h29-30,64-66,68-71,73-74,76-77H,3-28,31-63H2,1-2H3,(H,72,75)(H,78,79,80)/b30-29-. The lowest BCUT2D eigenvalue weighted by Gasteiger charge is -2.41. The van der Waals surface area contributed by atoms with E-state index in [-0.39, 0.29) is 12.5 Å². The predicted molar refractivity (Wildman–Crippen MR) is 352 cm³/mol. The Hall–Kier alpha value is -1.16. The minimum atomic E-state index is -5.08. The molecule has 0 saturated carbocycles. The zero-order chi connectivity index (χ0) is 61.1. The Balaban J connectivity index is 2.21. The van der Waals surface area contributed by atoms with E-state index in [4.69, 9.17) is 9.47 Å². The lowest BCUT2D eigenvalue weighted by molar-refractivity contribution is -0.298. The second-order valence-corrected chi connectivity index (χ2v) is 26.9. The normalized spacial score (nSPS) is 18.3. The summed E-state index contributed by atoms with van der Waals surface area (Å²) in [4.78, 5) is 13.2. The number of rotatable bonds is 66. The van der Waals surface area contributed by atoms with Gasteiger partial charge >= 0.3 is 10.4 Å². The molecule has 1 rings (SSSR count). The Labute approximate surface area is 519 Å². The summed E-state index contributed by atoms with van der Waals surface area (Å²) in [5, 5.41) is 45.4. The number of amides is 1. The molecule has 84 heavy (non-hydrogen) atoms. The fraction of sp³-hybridized carbons (Fsp3) is 0.958. The first-order chi connectivity index (χ1) is 41.0. The van der Waals surface area contributed by atoms with Gasteiger partial charge in [0.05, 0.1) is 25.4 Å². The molecule has 500 valence electrons. The smallest absolute Gasteiger partial charge is 0.394 e. The highest BCUT2D eigenvalue weighted by atomic mass is 32.3. The van der Waals surface area contributed by atoms with E-state index >= 15 is 0 Å². The zero-order valence-electron chi connectivity index (χ0n) is 55.0. The third kappa shape index (κ3) is 51.7. The van der Waals surface area contributed by atoms with Crippen molar-refractivity contribution >= 4 is 16.3 Å². The molecule has 7 unspecified atom stereocenters. The van der Waals surface area contributed by atoms with Gasteiger partial charge in [0.1, 0.15) is 24.4 Å². The topological polar surface area (TPSA) is 192 Å². The quantitative estimate of drug-likeness (QED) is 0.0193. The number of ether oxygens (including phenoxy) is 2. The molecule has 6 N–H and O–H groups in total. The van der Waals surface area contributed by atoms with Gasteiger partial charge in [0.15, 0.2) is 6.29 Å². The van der Waals surface area contributed by atoms with Crippen molar-refractivity contribution < 1.29 is 51.8 Å². The predicted octanol–water partition coefficient (Wildman–Crippen LogP) is 19.3. The summed E-state index contributed by atoms with van der Waals surface area (Å²) in [6.07, 6.45) is 68.3. The second-order valence-electron chi connectivity index (χ2n) is 25.9. The molecule has 1 saturated heterocycles. The zero-order valence-corrected chi connectivity index (χ0v) is 55.8. The molecular formula is C71H139NO11S. The van der Waals surface area contributed by atoms with E-state index in [2.05, 4.69) is 35.5 Å². The summed E-state index contributed by atoms with van der Waals surface area (Å²) in [5.41, 5.74) is 0. The van der Waals surface area contributed by atoms with Gasteiger partial charge in [-0.1, -0.05) is 347 Å². The first-order valence-corrected chi connectivity index (χ1v) is 37.9. The number of allylic oxidation sites excluding steroid dienone is 2. The molecule has 0 radical (unpaired) electrons. The highest BCUT2D eigenvalue weighted by Gasteiger charge is 2.48. The van der Waals surface area contributed by atoms with E-state index in [1.54, 1.807) is 0 Å². The van der Waals surface area contributed by atoms with Crippen LogP contribution in [0.5, 0.6) is 0 Å². The lowest BCUT2D eigenvalue weighted by atomic mass is 9.99. The number of hydrogen-bond donors (Lipinski definition) is 6. The fourth-order valence-corrected chi connectivity index (χ4v) is 12.7. The number of carbonyl (C=O) groups is 1. The maximum atomic E-state index is 13.2. The minimum Gasteiger partial charge on any atom is -0.394 e. The van der Waals surface area contributed by atoms with Gasteiger partial charge in [-0.15, -0.1) is 0 Å². The largest absolute Gasteiger partial charge is 0.397 e. The van der Waals surface area contributed by atoms with Crippen molar-refractivity contribution in [3.8, 4) is 0 Å². The molecule has 1 heterocycles. The van der Waals surface area contributed by atoms with Crippen LogP contribution in [0, 0.1) is 0 Å². The Bertz CT molecular complexity index is 1520. The van der Waals surface area contributed by atoms with E-state index in [0.717, 1.165) is 51.4 Å². The molecule has 0 aromatic rings. The number of unbranched alkanes of at least 4 members (excludes halogenated alkanes) is 52. The molecule has 1 amide bonds. The maximum Gasteiger partial charge on any atom is 0.397 e. The molecule has 1 aliphatic rings. The second kappa shape index (κ2) is 60.7. The summed E-state index contributed by atoms with van der Waals surface area (Å²) in [7, 11) is -5.08. The van der Waals surface area contributed by atoms with Gasteiger partial charge in [0, 0.05) is 6.42 Å². The molecule has 1 aliphatic heterocycles. The van der Waals surface area contributed by atoms with Gasteiger partial charge in [-0.2, -0.15) is 8.42 Å². The molecule has 12 nitrogen and oxygen atoms in total. The van der Waals surface area contributed by atoms with Crippen LogP contribution in [0.4, 0.5) is 0 Å². The number of hydrogen-bond acceptors (Lipinski definition) is 10. The number of aliphatic hydroxyl groups is 4. The summed E-state index contributed by atoms with van der Waals surface area (Å²) < 4.78 is 48.2. The van der Waals surface area contributed by atoms with Gasteiger partial charge < -0.3 is 35.2 Å². The summed E-state index contributed by atoms with van der Waals surface area (Å²) in [5.74, 6) is -0.221. The first-order valence-electron chi connectivity index (χ1n) is 36.6. The Morgan fingerprint density at radius 3 is 1.07 bits per heavy atom. The third-order valence-corrected chi connectivity index (χ3v) is 18.3. The molecule has 0 bridgehead atoms. The van der Waals surface area contributed by atoms with Crippen molar-refractivity contribution in [3.63, 3.8) is 0 Å². The van der Waals surface area contributed by atoms with Crippen LogP contribution >= 0.6 is 0 Å². The van der Waals surface area contributed by atoms with Crippen molar-refractivity contribution in [2.75, 3.05) is 13.2 Å². The van der Waals surface area contributed by atoms with Crippen LogP contribution in [-0.2, 0) is 28.9 Å². The monoisotopic (exact) mass is 1210 g/mol. The van der Waals surface area contributed by atoms with Gasteiger partial charge in [-0.05, 0) is 38.5 Å². The lowest BCUT2D eigenvalue weighted by Crippen LogP contribution is -2.61. The van der Waals surface area contributed by atoms with Crippen molar-refractivity contribution in [3.05, 3.63) is 12.2 Å². The van der Waals surface area contributed by atoms with E-state index in [1.165, 1.54) is 302 Å². The molecule has 1 fully saturated rings. The molecule has 0 aromatic heterocycles. The van der Waals surface area contributed by atoms with Gasteiger partial charge in [-0.3, -0.25) is 9.35 Å². The highest BCUT2D eigenvalue weighted by Crippen LogP contribution is 2.27. The average molecular weight is 1210 g/mol.